The maximum Gasteiger partial charge on any atom is 0.333 e. The second kappa shape index (κ2) is 3.02. The van der Waals surface area contributed by atoms with E-state index in [1.165, 1.54) is 10.9 Å². The van der Waals surface area contributed by atoms with E-state index in [1.807, 2.05) is 0 Å². The number of hydrogen-bond donors (Lipinski definition) is 2. The van der Waals surface area contributed by atoms with Gasteiger partial charge in [0.25, 0.3) is 5.56 Å². The Morgan fingerprint density at radius 1 is 1.57 bits per heavy atom. The molecule has 0 atom stereocenters. The Kier molecular flexibility index (Phi) is 1.95. The predicted molar refractivity (Wildman–Crippen MR) is 54.6 cm³/mol. The van der Waals surface area contributed by atoms with Crippen LogP contribution in [0.5, 0.6) is 0 Å². The summed E-state index contributed by atoms with van der Waals surface area (Å²) >= 11 is 3.92. The normalized spacial score (nSPS) is 11.0. The third-order valence-electron chi connectivity index (χ3n) is 2.06. The topological polar surface area (TPSA) is 72.7 Å². The maximum absolute atomic E-state index is 11.6. The quantitative estimate of drug-likeness (QED) is 0.615. The minimum Gasteiger partial charge on any atom is -0.339 e. The van der Waals surface area contributed by atoms with E-state index in [4.69, 9.17) is 0 Å². The van der Waals surface area contributed by atoms with Crippen LogP contribution in [0.15, 0.2) is 15.9 Å². The molecule has 7 heteroatoms. The Morgan fingerprint density at radius 2 is 2.29 bits per heavy atom. The Labute approximate surface area is 83.6 Å². The van der Waals surface area contributed by atoms with Crippen molar-refractivity contribution in [2.45, 2.75) is 5.88 Å². The second-order valence-corrected chi connectivity index (χ2v) is 3.10. The number of nitrogens with one attached hydrogen (secondary N) is 1. The number of imidazole rings is 1. The lowest BCUT2D eigenvalue weighted by Crippen LogP contribution is -2.38. The van der Waals surface area contributed by atoms with Gasteiger partial charge >= 0.3 is 5.69 Å². The average Bonchev–Trinajstić information content (AvgIpc) is 2.64. The fourth-order valence-electron chi connectivity index (χ4n) is 1.32. The van der Waals surface area contributed by atoms with Crippen LogP contribution in [0.1, 0.15) is 0 Å². The molecule has 0 aliphatic carbocycles. The summed E-state index contributed by atoms with van der Waals surface area (Å²) in [7, 11) is 1.56. The van der Waals surface area contributed by atoms with E-state index in [-0.39, 0.29) is 5.88 Å². The Bertz CT molecular complexity index is 594. The fraction of sp³-hybridized carbons (Fsp3) is 0.286. The Morgan fingerprint density at radius 3 is 2.93 bits per heavy atom. The maximum atomic E-state index is 11.6. The summed E-state index contributed by atoms with van der Waals surface area (Å²) in [6.07, 6.45) is 1.38. The highest BCUT2D eigenvalue weighted by atomic mass is 32.1. The standard InChI is InChI=1S/C7H8N4O2S/c1-10-5-4(8-2-9-5)6(12)11(3-14)7(10)13/h2,14H,3H2,1H3,(H,8,9). The number of fused-ring (bicyclic) bond motifs is 1. The number of thiol groups is 1. The van der Waals surface area contributed by atoms with Gasteiger partial charge in [-0.3, -0.25) is 9.36 Å². The third kappa shape index (κ3) is 1.02. The molecule has 0 aromatic carbocycles. The van der Waals surface area contributed by atoms with Crippen molar-refractivity contribution in [1.29, 1.82) is 0 Å². The van der Waals surface area contributed by atoms with E-state index in [0.717, 1.165) is 4.57 Å². The van der Waals surface area contributed by atoms with Gasteiger partial charge in [-0.2, -0.15) is 12.6 Å². The van der Waals surface area contributed by atoms with Crippen LogP contribution in [-0.2, 0) is 12.9 Å². The molecule has 14 heavy (non-hydrogen) atoms. The zero-order valence-electron chi connectivity index (χ0n) is 7.39. The molecule has 0 saturated heterocycles. The third-order valence-corrected chi connectivity index (χ3v) is 2.34. The first kappa shape index (κ1) is 9.07. The molecule has 2 aromatic heterocycles. The second-order valence-electron chi connectivity index (χ2n) is 2.82. The van der Waals surface area contributed by atoms with Crippen LogP contribution >= 0.6 is 12.6 Å². The molecule has 2 heterocycles. The van der Waals surface area contributed by atoms with Crippen LogP contribution in [0.4, 0.5) is 0 Å². The van der Waals surface area contributed by atoms with Crippen molar-refractivity contribution in [2.24, 2.45) is 7.05 Å². The summed E-state index contributed by atoms with van der Waals surface area (Å²) in [6.45, 7) is 0. The Hall–Kier alpha value is -1.50. The lowest BCUT2D eigenvalue weighted by atomic mass is 10.5. The minimum atomic E-state index is -0.412. The van der Waals surface area contributed by atoms with Crippen molar-refractivity contribution in [3.05, 3.63) is 27.2 Å². The molecule has 74 valence electrons. The summed E-state index contributed by atoms with van der Waals surface area (Å²) in [5.41, 5.74) is -0.126. The van der Waals surface area contributed by atoms with Gasteiger partial charge in [0.05, 0.1) is 12.2 Å². The number of aryl methyl sites for hydroxylation is 1. The molecule has 0 amide bonds. The highest BCUT2D eigenvalue weighted by Crippen LogP contribution is 1.98. The molecule has 0 aliphatic heterocycles. The largest absolute Gasteiger partial charge is 0.339 e. The van der Waals surface area contributed by atoms with Gasteiger partial charge in [0.1, 0.15) is 5.52 Å². The van der Waals surface area contributed by atoms with Crippen molar-refractivity contribution in [2.75, 3.05) is 0 Å². The fourth-order valence-corrected chi connectivity index (χ4v) is 1.57. The van der Waals surface area contributed by atoms with Crippen LogP contribution in [-0.4, -0.2) is 19.1 Å². The van der Waals surface area contributed by atoms with Crippen molar-refractivity contribution in [3.8, 4) is 0 Å². The molecule has 2 rings (SSSR count). The van der Waals surface area contributed by atoms with E-state index >= 15 is 0 Å². The first-order chi connectivity index (χ1) is 6.66. The molecular formula is C7H8N4O2S. The highest BCUT2D eigenvalue weighted by Gasteiger charge is 2.10. The van der Waals surface area contributed by atoms with Gasteiger partial charge in [-0.1, -0.05) is 0 Å². The summed E-state index contributed by atoms with van der Waals surface area (Å²) in [4.78, 5) is 29.8. The number of aromatic amines is 1. The number of nitrogens with zero attached hydrogens (tertiary/aromatic N) is 3. The molecule has 0 spiro atoms. The zero-order valence-corrected chi connectivity index (χ0v) is 8.28. The molecule has 0 aliphatic rings. The van der Waals surface area contributed by atoms with Crippen LogP contribution < -0.4 is 11.2 Å². The summed E-state index contributed by atoms with van der Waals surface area (Å²) in [5, 5.41) is 0. The van der Waals surface area contributed by atoms with Gasteiger partial charge in [-0.25, -0.2) is 14.3 Å². The molecular weight excluding hydrogens is 204 g/mol. The van der Waals surface area contributed by atoms with Crippen molar-refractivity contribution in [1.82, 2.24) is 19.1 Å². The monoisotopic (exact) mass is 212 g/mol. The number of H-pyrrole nitrogens is 1. The minimum absolute atomic E-state index is 0.0560. The molecule has 1 N–H and O–H groups in total. The SMILES string of the molecule is Cn1c(=O)n(CS)c(=O)c2[nH]cnc21. The van der Waals surface area contributed by atoms with E-state index in [2.05, 4.69) is 22.6 Å². The van der Waals surface area contributed by atoms with Crippen LogP contribution in [0.3, 0.4) is 0 Å². The van der Waals surface area contributed by atoms with Gasteiger partial charge < -0.3 is 4.98 Å². The van der Waals surface area contributed by atoms with E-state index in [1.54, 1.807) is 7.05 Å². The van der Waals surface area contributed by atoms with Gasteiger partial charge in [0.15, 0.2) is 5.65 Å². The van der Waals surface area contributed by atoms with Crippen molar-refractivity contribution < 1.29 is 0 Å². The lowest BCUT2D eigenvalue weighted by molar-refractivity contribution is 0.701. The number of aromatic nitrogens is 4. The summed E-state index contributed by atoms with van der Waals surface area (Å²) < 4.78 is 2.34. The van der Waals surface area contributed by atoms with Crippen molar-refractivity contribution in [3.63, 3.8) is 0 Å². The predicted octanol–water partition coefficient (Wildman–Crippen LogP) is -0.689. The molecule has 2 aromatic rings. The molecule has 0 radical (unpaired) electrons. The van der Waals surface area contributed by atoms with E-state index < -0.39 is 11.2 Å². The first-order valence-corrected chi connectivity index (χ1v) is 4.54. The summed E-state index contributed by atoms with van der Waals surface area (Å²) in [6, 6.07) is 0. The molecule has 6 nitrogen and oxygen atoms in total. The molecule has 0 bridgehead atoms. The first-order valence-electron chi connectivity index (χ1n) is 3.90. The van der Waals surface area contributed by atoms with Crippen LogP contribution in [0.25, 0.3) is 11.2 Å². The van der Waals surface area contributed by atoms with Gasteiger partial charge in [0, 0.05) is 7.05 Å². The molecule has 0 saturated carbocycles. The van der Waals surface area contributed by atoms with Gasteiger partial charge in [-0.15, -0.1) is 0 Å². The summed E-state index contributed by atoms with van der Waals surface area (Å²) in [5.74, 6) is 0.0560. The van der Waals surface area contributed by atoms with Crippen LogP contribution in [0.2, 0.25) is 0 Å². The Balaban J connectivity index is 3.10. The van der Waals surface area contributed by atoms with Gasteiger partial charge in [0.2, 0.25) is 0 Å². The van der Waals surface area contributed by atoms with E-state index in [0.29, 0.717) is 11.2 Å². The smallest absolute Gasteiger partial charge is 0.333 e. The van der Waals surface area contributed by atoms with Crippen LogP contribution in [0, 0.1) is 0 Å². The lowest BCUT2D eigenvalue weighted by Gasteiger charge is -2.03. The van der Waals surface area contributed by atoms with Crippen molar-refractivity contribution >= 4 is 23.8 Å². The van der Waals surface area contributed by atoms with E-state index in [9.17, 15) is 9.59 Å². The molecule has 0 fully saturated rings. The number of rotatable bonds is 1. The highest BCUT2D eigenvalue weighted by molar-refractivity contribution is 7.79. The van der Waals surface area contributed by atoms with Gasteiger partial charge in [-0.05, 0) is 0 Å². The zero-order chi connectivity index (χ0) is 10.3. The average molecular weight is 212 g/mol. The number of hydrogen-bond acceptors (Lipinski definition) is 4. The molecule has 0 unspecified atom stereocenters.